The highest BCUT2D eigenvalue weighted by Crippen LogP contribution is 2.21. The average molecular weight is 259 g/mol. The number of hydrogen-bond donors (Lipinski definition) is 3. The fourth-order valence-electron chi connectivity index (χ4n) is 2.03. The Labute approximate surface area is 113 Å². The van der Waals surface area contributed by atoms with Crippen LogP contribution in [-0.4, -0.2) is 16.5 Å². The van der Waals surface area contributed by atoms with Crippen LogP contribution in [-0.2, 0) is 0 Å². The van der Waals surface area contributed by atoms with Gasteiger partial charge < -0.3 is 5.32 Å². The predicted octanol–water partition coefficient (Wildman–Crippen LogP) is 2.91. The van der Waals surface area contributed by atoms with Crippen LogP contribution in [0.25, 0.3) is 10.9 Å². The van der Waals surface area contributed by atoms with Crippen molar-refractivity contribution in [2.24, 2.45) is 5.84 Å². The van der Waals surface area contributed by atoms with Gasteiger partial charge in [0.05, 0.1) is 5.52 Å². The third-order valence-electron chi connectivity index (χ3n) is 3.06. The number of hydrazine groups is 1. The number of nitrogen functional groups attached to an aromatic ring is 1. The van der Waals surface area contributed by atoms with Crippen LogP contribution >= 0.6 is 0 Å². The molecule has 0 radical (unpaired) electrons. The lowest BCUT2D eigenvalue weighted by atomic mass is 10.2. The molecule has 1 aromatic carbocycles. The summed E-state index contributed by atoms with van der Waals surface area (Å²) in [4.78, 5) is 8.70. The molecule has 5 nitrogen and oxygen atoms in total. The average Bonchev–Trinajstić information content (AvgIpc) is 2.46. The number of fused-ring (bicyclic) bond motifs is 1. The number of anilines is 2. The second-order valence-electron chi connectivity index (χ2n) is 4.54. The summed E-state index contributed by atoms with van der Waals surface area (Å²) in [6.45, 7) is 3.13. The molecule has 0 aliphatic heterocycles. The first-order chi connectivity index (χ1) is 9.35. The van der Waals surface area contributed by atoms with Crippen molar-refractivity contribution in [3.8, 4) is 0 Å². The minimum absolute atomic E-state index is 0.440. The smallest absolute Gasteiger partial charge is 0.239 e. The number of benzene rings is 1. The normalized spacial score (nSPS) is 10.6. The van der Waals surface area contributed by atoms with Gasteiger partial charge in [-0.1, -0.05) is 38.3 Å². The molecule has 0 aliphatic carbocycles. The summed E-state index contributed by atoms with van der Waals surface area (Å²) in [6.07, 6.45) is 4.92. The van der Waals surface area contributed by atoms with E-state index in [2.05, 4.69) is 27.6 Å². The molecule has 0 saturated heterocycles. The second kappa shape index (κ2) is 6.89. The number of para-hydroxylation sites is 1. The SMILES string of the molecule is CCCCCCNc1nc(NN)nc2ccccc12. The number of hydrogen-bond acceptors (Lipinski definition) is 5. The van der Waals surface area contributed by atoms with Crippen molar-refractivity contribution in [1.82, 2.24) is 9.97 Å². The zero-order valence-corrected chi connectivity index (χ0v) is 11.3. The predicted molar refractivity (Wildman–Crippen MR) is 80.0 cm³/mol. The lowest BCUT2D eigenvalue weighted by Crippen LogP contribution is -2.12. The summed E-state index contributed by atoms with van der Waals surface area (Å²) >= 11 is 0. The number of aromatic nitrogens is 2. The summed E-state index contributed by atoms with van der Waals surface area (Å²) in [6, 6.07) is 7.92. The molecule has 0 atom stereocenters. The maximum Gasteiger partial charge on any atom is 0.239 e. The highest BCUT2D eigenvalue weighted by molar-refractivity contribution is 5.89. The monoisotopic (exact) mass is 259 g/mol. The molecular weight excluding hydrogens is 238 g/mol. The van der Waals surface area contributed by atoms with E-state index >= 15 is 0 Å². The Morgan fingerprint density at radius 2 is 1.95 bits per heavy atom. The molecule has 0 unspecified atom stereocenters. The fraction of sp³-hybridized carbons (Fsp3) is 0.429. The van der Waals surface area contributed by atoms with Gasteiger partial charge in [0.15, 0.2) is 0 Å². The van der Waals surface area contributed by atoms with Gasteiger partial charge in [-0.15, -0.1) is 0 Å². The van der Waals surface area contributed by atoms with Crippen molar-refractivity contribution >= 4 is 22.7 Å². The highest BCUT2D eigenvalue weighted by Gasteiger charge is 2.05. The summed E-state index contributed by atoms with van der Waals surface area (Å²) in [5.41, 5.74) is 3.40. The van der Waals surface area contributed by atoms with E-state index in [4.69, 9.17) is 5.84 Å². The molecule has 0 saturated carbocycles. The largest absolute Gasteiger partial charge is 0.369 e. The third-order valence-corrected chi connectivity index (χ3v) is 3.06. The van der Waals surface area contributed by atoms with E-state index < -0.39 is 0 Å². The molecule has 2 rings (SSSR count). The van der Waals surface area contributed by atoms with Crippen molar-refractivity contribution in [3.63, 3.8) is 0 Å². The number of nitrogens with one attached hydrogen (secondary N) is 2. The lowest BCUT2D eigenvalue weighted by molar-refractivity contribution is 0.684. The van der Waals surface area contributed by atoms with Crippen LogP contribution in [0.3, 0.4) is 0 Å². The van der Waals surface area contributed by atoms with Gasteiger partial charge in [-0.05, 0) is 18.6 Å². The Morgan fingerprint density at radius 3 is 2.74 bits per heavy atom. The summed E-state index contributed by atoms with van der Waals surface area (Å²) in [5.74, 6) is 6.68. The van der Waals surface area contributed by atoms with Crippen LogP contribution in [0.15, 0.2) is 24.3 Å². The van der Waals surface area contributed by atoms with Crippen molar-refractivity contribution < 1.29 is 0 Å². The van der Waals surface area contributed by atoms with Crippen LogP contribution < -0.4 is 16.6 Å². The Bertz CT molecular complexity index is 526. The highest BCUT2D eigenvalue weighted by atomic mass is 15.3. The lowest BCUT2D eigenvalue weighted by Gasteiger charge is -2.10. The molecule has 102 valence electrons. The minimum Gasteiger partial charge on any atom is -0.369 e. The Balaban J connectivity index is 2.11. The quantitative estimate of drug-likeness (QED) is 0.405. The van der Waals surface area contributed by atoms with Gasteiger partial charge in [0, 0.05) is 11.9 Å². The first kappa shape index (κ1) is 13.5. The second-order valence-corrected chi connectivity index (χ2v) is 4.54. The Hall–Kier alpha value is -1.88. The molecule has 5 heteroatoms. The first-order valence-corrected chi connectivity index (χ1v) is 6.82. The molecule has 1 heterocycles. The minimum atomic E-state index is 0.440. The number of nitrogens with zero attached hydrogens (tertiary/aromatic N) is 2. The van der Waals surface area contributed by atoms with Crippen molar-refractivity contribution in [3.05, 3.63) is 24.3 Å². The standard InChI is InChI=1S/C14H21N5/c1-2-3-4-7-10-16-13-11-8-5-6-9-12(11)17-14(18-13)19-15/h5-6,8-9H,2-4,7,10,15H2,1H3,(H2,16,17,18,19). The van der Waals surface area contributed by atoms with Crippen LogP contribution in [0.5, 0.6) is 0 Å². The van der Waals surface area contributed by atoms with E-state index in [9.17, 15) is 0 Å². The van der Waals surface area contributed by atoms with Gasteiger partial charge in [0.1, 0.15) is 5.82 Å². The van der Waals surface area contributed by atoms with Crippen molar-refractivity contribution in [2.75, 3.05) is 17.3 Å². The summed E-state index contributed by atoms with van der Waals surface area (Å²) in [7, 11) is 0. The van der Waals surface area contributed by atoms with E-state index in [1.54, 1.807) is 0 Å². The molecule has 19 heavy (non-hydrogen) atoms. The van der Waals surface area contributed by atoms with E-state index in [-0.39, 0.29) is 0 Å². The molecule has 0 aliphatic rings. The summed E-state index contributed by atoms with van der Waals surface area (Å²) in [5, 5.41) is 4.40. The number of rotatable bonds is 7. The van der Waals surface area contributed by atoms with Crippen LogP contribution in [0.1, 0.15) is 32.6 Å². The molecule has 0 bridgehead atoms. The van der Waals surface area contributed by atoms with Crippen LogP contribution in [0.2, 0.25) is 0 Å². The van der Waals surface area contributed by atoms with E-state index in [1.807, 2.05) is 24.3 Å². The van der Waals surface area contributed by atoms with Crippen molar-refractivity contribution in [2.45, 2.75) is 32.6 Å². The van der Waals surface area contributed by atoms with Gasteiger partial charge in [-0.25, -0.2) is 10.8 Å². The van der Waals surface area contributed by atoms with E-state index in [0.717, 1.165) is 29.7 Å². The number of nitrogens with two attached hydrogens (primary N) is 1. The van der Waals surface area contributed by atoms with Gasteiger partial charge in [-0.3, -0.25) is 5.43 Å². The van der Waals surface area contributed by atoms with E-state index in [1.165, 1.54) is 19.3 Å². The maximum atomic E-state index is 5.40. The molecule has 2 aromatic rings. The maximum absolute atomic E-state index is 5.40. The number of unbranched alkanes of at least 4 members (excludes halogenated alkanes) is 3. The summed E-state index contributed by atoms with van der Waals surface area (Å²) < 4.78 is 0. The third kappa shape index (κ3) is 3.54. The molecule has 0 fully saturated rings. The molecule has 1 aromatic heterocycles. The zero-order valence-electron chi connectivity index (χ0n) is 11.3. The zero-order chi connectivity index (χ0) is 13.5. The fourth-order valence-corrected chi connectivity index (χ4v) is 2.03. The molecular formula is C14H21N5. The molecule has 0 amide bonds. The Morgan fingerprint density at radius 1 is 1.11 bits per heavy atom. The van der Waals surface area contributed by atoms with Gasteiger partial charge in [0.2, 0.25) is 5.95 Å². The van der Waals surface area contributed by atoms with Gasteiger partial charge in [-0.2, -0.15) is 4.98 Å². The van der Waals surface area contributed by atoms with Crippen molar-refractivity contribution in [1.29, 1.82) is 0 Å². The Kier molecular flexibility index (Phi) is 4.92. The van der Waals surface area contributed by atoms with Crippen LogP contribution in [0, 0.1) is 0 Å². The molecule has 0 spiro atoms. The van der Waals surface area contributed by atoms with Crippen LogP contribution in [0.4, 0.5) is 11.8 Å². The topological polar surface area (TPSA) is 75.9 Å². The van der Waals surface area contributed by atoms with Gasteiger partial charge in [0.25, 0.3) is 0 Å². The van der Waals surface area contributed by atoms with E-state index in [0.29, 0.717) is 5.95 Å². The first-order valence-electron chi connectivity index (χ1n) is 6.82. The molecule has 4 N–H and O–H groups in total. The van der Waals surface area contributed by atoms with Gasteiger partial charge >= 0.3 is 0 Å².